The number of halogens is 2. The minimum absolute atomic E-state index is 0.0486. The van der Waals surface area contributed by atoms with Gasteiger partial charge in [0.25, 0.3) is 0 Å². The number of carbonyl (C=O) groups excluding carboxylic acids is 1. The highest BCUT2D eigenvalue weighted by Crippen LogP contribution is 2.22. The first-order valence-corrected chi connectivity index (χ1v) is 5.33. The summed E-state index contributed by atoms with van der Waals surface area (Å²) in [5, 5.41) is 19.0. The van der Waals surface area contributed by atoms with Crippen molar-refractivity contribution < 1.29 is 24.1 Å². The van der Waals surface area contributed by atoms with Gasteiger partial charge in [-0.3, -0.25) is 0 Å². The summed E-state index contributed by atoms with van der Waals surface area (Å²) in [4.78, 5) is 11.2. The Morgan fingerprint density at radius 1 is 1.53 bits per heavy atom. The van der Waals surface area contributed by atoms with Gasteiger partial charge >= 0.3 is 5.97 Å². The third-order valence-corrected chi connectivity index (χ3v) is 2.42. The number of rotatable bonds is 4. The number of carbonyl (C=O) groups is 1. The van der Waals surface area contributed by atoms with Gasteiger partial charge in [0, 0.05) is 0 Å². The lowest BCUT2D eigenvalue weighted by Crippen LogP contribution is -2.29. The fraction of sp³-hybridized carbons (Fsp3) is 0.364. The number of hydrogen-bond acceptors (Lipinski definition) is 4. The smallest absolute Gasteiger partial charge is 0.338 e. The zero-order valence-electron chi connectivity index (χ0n) is 9.06. The van der Waals surface area contributed by atoms with E-state index in [1.54, 1.807) is 6.92 Å². The lowest BCUT2D eigenvalue weighted by molar-refractivity contribution is -0.159. The summed E-state index contributed by atoms with van der Waals surface area (Å²) in [5.74, 6) is -1.70. The van der Waals surface area contributed by atoms with Crippen molar-refractivity contribution in [2.75, 3.05) is 6.61 Å². The van der Waals surface area contributed by atoms with Gasteiger partial charge in [-0.25, -0.2) is 9.18 Å². The molecular formula is C11H12ClFO4. The Kier molecular flexibility index (Phi) is 4.86. The van der Waals surface area contributed by atoms with Crippen molar-refractivity contribution in [2.24, 2.45) is 0 Å². The largest absolute Gasteiger partial charge is 0.464 e. The summed E-state index contributed by atoms with van der Waals surface area (Å²) < 4.78 is 17.6. The Balaban J connectivity index is 2.84. The molecule has 17 heavy (non-hydrogen) atoms. The third kappa shape index (κ3) is 3.39. The van der Waals surface area contributed by atoms with Crippen LogP contribution in [0.2, 0.25) is 5.02 Å². The molecule has 2 unspecified atom stereocenters. The molecule has 0 bridgehead atoms. The van der Waals surface area contributed by atoms with Crippen molar-refractivity contribution in [3.63, 3.8) is 0 Å². The van der Waals surface area contributed by atoms with Crippen molar-refractivity contribution in [3.8, 4) is 0 Å². The van der Waals surface area contributed by atoms with E-state index < -0.39 is 24.0 Å². The molecule has 1 aromatic carbocycles. The van der Waals surface area contributed by atoms with E-state index in [0.717, 1.165) is 6.07 Å². The van der Waals surface area contributed by atoms with Crippen molar-refractivity contribution >= 4 is 17.6 Å². The van der Waals surface area contributed by atoms with Gasteiger partial charge in [0.15, 0.2) is 6.10 Å². The first-order valence-electron chi connectivity index (χ1n) is 4.95. The Morgan fingerprint density at radius 2 is 2.18 bits per heavy atom. The van der Waals surface area contributed by atoms with E-state index in [-0.39, 0.29) is 17.2 Å². The third-order valence-electron chi connectivity index (χ3n) is 2.11. The molecular weight excluding hydrogens is 251 g/mol. The number of hydrogen-bond donors (Lipinski definition) is 2. The molecule has 0 aliphatic carbocycles. The molecule has 0 saturated heterocycles. The van der Waals surface area contributed by atoms with Crippen LogP contribution in [0.25, 0.3) is 0 Å². The molecule has 2 N–H and O–H groups in total. The Labute approximate surface area is 103 Å². The van der Waals surface area contributed by atoms with Crippen LogP contribution < -0.4 is 0 Å². The standard InChI is InChI=1S/C11H12ClFO4/c1-2-17-11(16)10(15)9(14)6-3-4-7(12)8(13)5-6/h3-5,9-10,14-15H,2H2,1H3. The van der Waals surface area contributed by atoms with E-state index in [9.17, 15) is 19.4 Å². The van der Waals surface area contributed by atoms with Crippen molar-refractivity contribution in [1.82, 2.24) is 0 Å². The number of aliphatic hydroxyl groups is 2. The van der Waals surface area contributed by atoms with Crippen LogP contribution in [-0.4, -0.2) is 28.9 Å². The van der Waals surface area contributed by atoms with Crippen molar-refractivity contribution in [1.29, 1.82) is 0 Å². The zero-order valence-corrected chi connectivity index (χ0v) is 9.82. The van der Waals surface area contributed by atoms with Crippen molar-refractivity contribution in [3.05, 3.63) is 34.6 Å². The number of ether oxygens (including phenoxy) is 1. The zero-order chi connectivity index (χ0) is 13.0. The van der Waals surface area contributed by atoms with E-state index in [1.165, 1.54) is 12.1 Å². The monoisotopic (exact) mass is 262 g/mol. The van der Waals surface area contributed by atoms with Crippen LogP contribution >= 0.6 is 11.6 Å². The fourth-order valence-corrected chi connectivity index (χ4v) is 1.35. The molecule has 1 rings (SSSR count). The molecule has 0 amide bonds. The predicted octanol–water partition coefficient (Wildman–Crippen LogP) is 1.44. The average molecular weight is 263 g/mol. The van der Waals surface area contributed by atoms with Crippen LogP contribution in [0.15, 0.2) is 18.2 Å². The maximum absolute atomic E-state index is 13.1. The number of esters is 1. The molecule has 94 valence electrons. The molecule has 0 fully saturated rings. The second kappa shape index (κ2) is 5.95. The Morgan fingerprint density at radius 3 is 2.71 bits per heavy atom. The van der Waals surface area contributed by atoms with E-state index in [2.05, 4.69) is 4.74 Å². The van der Waals surface area contributed by atoms with Crippen LogP contribution in [0.4, 0.5) is 4.39 Å². The fourth-order valence-electron chi connectivity index (χ4n) is 1.24. The highest BCUT2D eigenvalue weighted by molar-refractivity contribution is 6.30. The van der Waals surface area contributed by atoms with Crippen molar-refractivity contribution in [2.45, 2.75) is 19.1 Å². The molecule has 0 aliphatic heterocycles. The van der Waals surface area contributed by atoms with Crippen LogP contribution in [0, 0.1) is 5.82 Å². The summed E-state index contributed by atoms with van der Waals surface area (Å²) >= 11 is 5.47. The van der Waals surface area contributed by atoms with Gasteiger partial charge in [0.1, 0.15) is 11.9 Å². The highest BCUT2D eigenvalue weighted by atomic mass is 35.5. The summed E-state index contributed by atoms with van der Waals surface area (Å²) in [6.45, 7) is 1.65. The van der Waals surface area contributed by atoms with E-state index in [1.807, 2.05) is 0 Å². The van der Waals surface area contributed by atoms with Gasteiger partial charge in [-0.05, 0) is 24.6 Å². The maximum atomic E-state index is 13.1. The molecule has 0 saturated carbocycles. The minimum Gasteiger partial charge on any atom is -0.464 e. The normalized spacial score (nSPS) is 14.2. The first kappa shape index (κ1) is 13.9. The minimum atomic E-state index is -1.75. The van der Waals surface area contributed by atoms with Crippen LogP contribution in [-0.2, 0) is 9.53 Å². The molecule has 4 nitrogen and oxygen atoms in total. The lowest BCUT2D eigenvalue weighted by Gasteiger charge is -2.16. The number of benzene rings is 1. The van der Waals surface area contributed by atoms with Gasteiger partial charge in [0.2, 0.25) is 0 Å². The molecule has 0 spiro atoms. The summed E-state index contributed by atoms with van der Waals surface area (Å²) in [6, 6.07) is 3.50. The van der Waals surface area contributed by atoms with Gasteiger partial charge in [0.05, 0.1) is 11.6 Å². The summed E-state index contributed by atoms with van der Waals surface area (Å²) in [5.41, 5.74) is 0.0486. The van der Waals surface area contributed by atoms with Gasteiger partial charge in [-0.2, -0.15) is 0 Å². The second-order valence-electron chi connectivity index (χ2n) is 3.32. The van der Waals surface area contributed by atoms with Crippen LogP contribution in [0.3, 0.4) is 0 Å². The Hall–Kier alpha value is -1.17. The van der Waals surface area contributed by atoms with Crippen LogP contribution in [0.5, 0.6) is 0 Å². The summed E-state index contributed by atoms with van der Waals surface area (Å²) in [7, 11) is 0. The van der Waals surface area contributed by atoms with Gasteiger partial charge in [-0.1, -0.05) is 17.7 Å². The highest BCUT2D eigenvalue weighted by Gasteiger charge is 2.27. The van der Waals surface area contributed by atoms with Gasteiger partial charge < -0.3 is 14.9 Å². The molecule has 0 radical (unpaired) electrons. The molecule has 1 aromatic rings. The van der Waals surface area contributed by atoms with E-state index in [4.69, 9.17) is 11.6 Å². The average Bonchev–Trinajstić information content (AvgIpc) is 2.31. The number of aliphatic hydroxyl groups excluding tert-OH is 2. The quantitative estimate of drug-likeness (QED) is 0.806. The molecule has 6 heteroatoms. The van der Waals surface area contributed by atoms with Crippen LogP contribution in [0.1, 0.15) is 18.6 Å². The molecule has 0 heterocycles. The predicted molar refractivity (Wildman–Crippen MR) is 59.0 cm³/mol. The van der Waals surface area contributed by atoms with E-state index >= 15 is 0 Å². The van der Waals surface area contributed by atoms with Gasteiger partial charge in [-0.15, -0.1) is 0 Å². The summed E-state index contributed by atoms with van der Waals surface area (Å²) in [6.07, 6.45) is -3.31. The second-order valence-corrected chi connectivity index (χ2v) is 3.72. The lowest BCUT2D eigenvalue weighted by atomic mass is 10.0. The molecule has 0 aromatic heterocycles. The molecule has 0 aliphatic rings. The molecule has 2 atom stereocenters. The van der Waals surface area contributed by atoms with E-state index in [0.29, 0.717) is 0 Å². The topological polar surface area (TPSA) is 66.8 Å². The Bertz CT molecular complexity index is 410. The first-order chi connectivity index (χ1) is 7.97. The maximum Gasteiger partial charge on any atom is 0.338 e. The SMILES string of the molecule is CCOC(=O)C(O)C(O)c1ccc(Cl)c(F)c1.